The number of carbonyl (C=O) groups excluding carboxylic acids is 1. The van der Waals surface area contributed by atoms with Crippen molar-refractivity contribution in [2.24, 2.45) is 11.8 Å². The molecule has 1 aliphatic carbocycles. The van der Waals surface area contributed by atoms with Gasteiger partial charge in [-0.15, -0.1) is 0 Å². The zero-order valence-electron chi connectivity index (χ0n) is 12.0. The van der Waals surface area contributed by atoms with Gasteiger partial charge in [0.2, 0.25) is 5.91 Å². The Labute approximate surface area is 114 Å². The molecule has 2 N–H and O–H groups in total. The lowest BCUT2D eigenvalue weighted by Gasteiger charge is -2.32. The molecule has 19 heavy (non-hydrogen) atoms. The highest BCUT2D eigenvalue weighted by Crippen LogP contribution is 2.27. The number of aliphatic carboxylic acids is 1. The molecule has 1 rings (SSSR count). The van der Waals surface area contributed by atoms with Crippen LogP contribution >= 0.6 is 0 Å². The molecule has 5 heteroatoms. The van der Waals surface area contributed by atoms with Crippen LogP contribution in [0.1, 0.15) is 46.5 Å². The summed E-state index contributed by atoms with van der Waals surface area (Å²) in [5, 5.41) is 11.6. The average molecular weight is 271 g/mol. The molecular formula is C14H25NO4. The quantitative estimate of drug-likeness (QED) is 0.706. The van der Waals surface area contributed by atoms with Gasteiger partial charge >= 0.3 is 5.97 Å². The van der Waals surface area contributed by atoms with Crippen molar-refractivity contribution in [1.29, 1.82) is 0 Å². The molecule has 0 aromatic rings. The van der Waals surface area contributed by atoms with Crippen LogP contribution in [0.25, 0.3) is 0 Å². The standard InChI is InChI=1S/C14H25NO4/c1-9(2)6-10(3)19-5-4-13(16)15-12-7-11(8-12)14(17)18/h9-12H,4-8H2,1-3H3,(H,15,16)(H,17,18). The van der Waals surface area contributed by atoms with Gasteiger partial charge < -0.3 is 15.2 Å². The Balaban J connectivity index is 2.05. The smallest absolute Gasteiger partial charge is 0.306 e. The highest BCUT2D eigenvalue weighted by Gasteiger charge is 2.35. The van der Waals surface area contributed by atoms with Crippen LogP contribution in [0.5, 0.6) is 0 Å². The Kier molecular flexibility index (Phi) is 6.28. The molecule has 0 bridgehead atoms. The fourth-order valence-electron chi connectivity index (χ4n) is 2.32. The molecule has 0 radical (unpaired) electrons. The normalized spacial score (nSPS) is 23.8. The highest BCUT2D eigenvalue weighted by molar-refractivity contribution is 5.77. The Morgan fingerprint density at radius 1 is 1.32 bits per heavy atom. The van der Waals surface area contributed by atoms with Gasteiger partial charge in [0.05, 0.1) is 18.6 Å². The molecule has 0 heterocycles. The van der Waals surface area contributed by atoms with Crippen molar-refractivity contribution in [2.45, 2.75) is 58.6 Å². The monoisotopic (exact) mass is 271 g/mol. The summed E-state index contributed by atoms with van der Waals surface area (Å²) < 4.78 is 5.56. The molecule has 0 saturated heterocycles. The fourth-order valence-corrected chi connectivity index (χ4v) is 2.32. The zero-order valence-corrected chi connectivity index (χ0v) is 12.0. The first-order valence-electron chi connectivity index (χ1n) is 7.02. The molecule has 1 amide bonds. The minimum absolute atomic E-state index is 0.0293. The number of carboxylic acids is 1. The Hall–Kier alpha value is -1.10. The predicted molar refractivity (Wildman–Crippen MR) is 71.8 cm³/mol. The number of hydrogen-bond donors (Lipinski definition) is 2. The van der Waals surface area contributed by atoms with Crippen LogP contribution in [-0.2, 0) is 14.3 Å². The summed E-state index contributed by atoms with van der Waals surface area (Å²) in [4.78, 5) is 22.2. The summed E-state index contributed by atoms with van der Waals surface area (Å²) in [7, 11) is 0. The largest absolute Gasteiger partial charge is 0.481 e. The van der Waals surface area contributed by atoms with Crippen molar-refractivity contribution in [3.05, 3.63) is 0 Å². The van der Waals surface area contributed by atoms with E-state index < -0.39 is 5.97 Å². The molecule has 0 aliphatic heterocycles. The summed E-state index contributed by atoms with van der Waals surface area (Å²) in [5.41, 5.74) is 0. The van der Waals surface area contributed by atoms with Crippen molar-refractivity contribution >= 4 is 11.9 Å². The minimum atomic E-state index is -0.767. The molecule has 1 unspecified atom stereocenters. The number of hydrogen-bond acceptors (Lipinski definition) is 3. The lowest BCUT2D eigenvalue weighted by molar-refractivity contribution is -0.146. The number of ether oxygens (including phenoxy) is 1. The molecular weight excluding hydrogens is 246 g/mol. The number of carboxylic acid groups (broad SMARTS) is 1. The highest BCUT2D eigenvalue weighted by atomic mass is 16.5. The van der Waals surface area contributed by atoms with Crippen LogP contribution in [0.3, 0.4) is 0 Å². The van der Waals surface area contributed by atoms with Crippen LogP contribution in [0.15, 0.2) is 0 Å². The van der Waals surface area contributed by atoms with Gasteiger partial charge in [-0.05, 0) is 32.1 Å². The number of nitrogens with one attached hydrogen (secondary N) is 1. The van der Waals surface area contributed by atoms with Crippen molar-refractivity contribution in [3.63, 3.8) is 0 Å². The van der Waals surface area contributed by atoms with E-state index in [1.165, 1.54) is 0 Å². The Morgan fingerprint density at radius 3 is 2.47 bits per heavy atom. The SMILES string of the molecule is CC(C)CC(C)OCCC(=O)NC1CC(C(=O)O)C1. The molecule has 5 nitrogen and oxygen atoms in total. The topological polar surface area (TPSA) is 75.6 Å². The second kappa shape index (κ2) is 7.48. The third-order valence-electron chi connectivity index (χ3n) is 3.39. The van der Waals surface area contributed by atoms with Gasteiger partial charge in [-0.1, -0.05) is 13.8 Å². The van der Waals surface area contributed by atoms with E-state index in [1.54, 1.807) is 0 Å². The molecule has 1 fully saturated rings. The van der Waals surface area contributed by atoms with Crippen molar-refractivity contribution < 1.29 is 19.4 Å². The molecule has 1 aliphatic rings. The second-order valence-corrected chi connectivity index (χ2v) is 5.83. The van der Waals surface area contributed by atoms with Crippen LogP contribution in [0, 0.1) is 11.8 Å². The fraction of sp³-hybridized carbons (Fsp3) is 0.857. The van der Waals surface area contributed by atoms with E-state index in [1.807, 2.05) is 6.92 Å². The van der Waals surface area contributed by atoms with Gasteiger partial charge in [0.1, 0.15) is 0 Å². The van der Waals surface area contributed by atoms with E-state index in [0.29, 0.717) is 31.8 Å². The third kappa shape index (κ3) is 6.05. The molecule has 0 aromatic heterocycles. The zero-order chi connectivity index (χ0) is 14.4. The molecule has 0 spiro atoms. The molecule has 1 atom stereocenters. The van der Waals surface area contributed by atoms with Gasteiger partial charge in [0, 0.05) is 12.5 Å². The van der Waals surface area contributed by atoms with Crippen LogP contribution in [0.4, 0.5) is 0 Å². The maximum atomic E-state index is 11.6. The maximum absolute atomic E-state index is 11.6. The van der Waals surface area contributed by atoms with E-state index in [4.69, 9.17) is 9.84 Å². The van der Waals surface area contributed by atoms with Gasteiger partial charge in [0.25, 0.3) is 0 Å². The molecule has 1 saturated carbocycles. The van der Waals surface area contributed by atoms with Crippen molar-refractivity contribution in [3.8, 4) is 0 Å². The summed E-state index contributed by atoms with van der Waals surface area (Å²) >= 11 is 0. The maximum Gasteiger partial charge on any atom is 0.306 e. The van der Waals surface area contributed by atoms with E-state index in [0.717, 1.165) is 6.42 Å². The lowest BCUT2D eigenvalue weighted by atomic mass is 9.80. The molecule has 110 valence electrons. The van der Waals surface area contributed by atoms with E-state index >= 15 is 0 Å². The van der Waals surface area contributed by atoms with Gasteiger partial charge in [-0.25, -0.2) is 0 Å². The van der Waals surface area contributed by atoms with Gasteiger partial charge in [-0.2, -0.15) is 0 Å². The van der Waals surface area contributed by atoms with Crippen LogP contribution in [-0.4, -0.2) is 35.7 Å². The number of rotatable bonds is 8. The van der Waals surface area contributed by atoms with E-state index in [2.05, 4.69) is 19.2 Å². The number of amides is 1. The summed E-state index contributed by atoms with van der Waals surface area (Å²) in [6.45, 7) is 6.72. The van der Waals surface area contributed by atoms with E-state index in [9.17, 15) is 9.59 Å². The Bertz CT molecular complexity index is 311. The summed E-state index contributed by atoms with van der Waals surface area (Å²) in [6.07, 6.45) is 2.60. The first-order valence-corrected chi connectivity index (χ1v) is 7.02. The number of carbonyl (C=O) groups is 2. The first-order chi connectivity index (χ1) is 8.88. The summed E-state index contributed by atoms with van der Waals surface area (Å²) in [6, 6.07) is 0.0293. The van der Waals surface area contributed by atoms with Crippen molar-refractivity contribution in [1.82, 2.24) is 5.32 Å². The second-order valence-electron chi connectivity index (χ2n) is 5.83. The Morgan fingerprint density at radius 2 is 1.95 bits per heavy atom. The van der Waals surface area contributed by atoms with E-state index in [-0.39, 0.29) is 24.0 Å². The van der Waals surface area contributed by atoms with Crippen LogP contribution < -0.4 is 5.32 Å². The molecule has 0 aromatic carbocycles. The van der Waals surface area contributed by atoms with Gasteiger partial charge in [0.15, 0.2) is 0 Å². The van der Waals surface area contributed by atoms with Crippen LogP contribution in [0.2, 0.25) is 0 Å². The predicted octanol–water partition coefficient (Wildman–Crippen LogP) is 1.81. The third-order valence-corrected chi connectivity index (χ3v) is 3.39. The van der Waals surface area contributed by atoms with Gasteiger partial charge in [-0.3, -0.25) is 9.59 Å². The first kappa shape index (κ1) is 16.0. The average Bonchev–Trinajstić information content (AvgIpc) is 2.21. The summed E-state index contributed by atoms with van der Waals surface area (Å²) in [5.74, 6) is -0.513. The minimum Gasteiger partial charge on any atom is -0.481 e. The lowest BCUT2D eigenvalue weighted by Crippen LogP contribution is -2.46. The van der Waals surface area contributed by atoms with Crippen molar-refractivity contribution in [2.75, 3.05) is 6.61 Å².